The number of nitrogens with one attached hydrogen (secondary N) is 1. The highest BCUT2D eigenvalue weighted by molar-refractivity contribution is 5.98. The Labute approximate surface area is 122 Å². The fraction of sp³-hybridized carbons (Fsp3) is 0.267. The Hall–Kier alpha value is -2.50. The quantitative estimate of drug-likeness (QED) is 0.904. The zero-order valence-corrected chi connectivity index (χ0v) is 11.9. The number of nitrogens with two attached hydrogens (primary N) is 1. The Morgan fingerprint density at radius 2 is 2.19 bits per heavy atom. The molecule has 0 bridgehead atoms. The van der Waals surface area contributed by atoms with Crippen LogP contribution in [0.15, 0.2) is 30.5 Å². The number of rotatable bonds is 4. The highest BCUT2D eigenvalue weighted by Crippen LogP contribution is 2.18. The van der Waals surface area contributed by atoms with Gasteiger partial charge < -0.3 is 11.1 Å². The number of anilines is 1. The number of carbonyl (C=O) groups is 1. The molecule has 0 aliphatic rings. The molecule has 1 aromatic heterocycles. The molecule has 0 aliphatic carbocycles. The Bertz CT molecular complexity index is 658. The zero-order chi connectivity index (χ0) is 15.4. The van der Waals surface area contributed by atoms with Gasteiger partial charge in [0.25, 0.3) is 5.91 Å². The zero-order valence-electron chi connectivity index (χ0n) is 11.9. The van der Waals surface area contributed by atoms with E-state index in [1.807, 2.05) is 13.8 Å². The van der Waals surface area contributed by atoms with E-state index in [4.69, 9.17) is 5.73 Å². The number of halogens is 1. The second kappa shape index (κ2) is 6.30. The van der Waals surface area contributed by atoms with Crippen LogP contribution in [0.1, 0.15) is 24.2 Å². The molecule has 3 N–H and O–H groups in total. The molecule has 0 spiro atoms. The van der Waals surface area contributed by atoms with E-state index < -0.39 is 0 Å². The Kier molecular flexibility index (Phi) is 4.47. The summed E-state index contributed by atoms with van der Waals surface area (Å²) in [5.41, 5.74) is 6.53. The van der Waals surface area contributed by atoms with E-state index in [0.29, 0.717) is 18.0 Å². The molecule has 2 rings (SSSR count). The molecule has 0 aliphatic heterocycles. The summed E-state index contributed by atoms with van der Waals surface area (Å²) in [4.78, 5) is 20.1. The van der Waals surface area contributed by atoms with E-state index >= 15 is 0 Å². The first kappa shape index (κ1) is 14.9. The molecule has 1 aromatic carbocycles. The minimum Gasteiger partial charge on any atom is -0.383 e. The fourth-order valence-corrected chi connectivity index (χ4v) is 1.73. The van der Waals surface area contributed by atoms with E-state index in [-0.39, 0.29) is 28.9 Å². The number of nitrogens with zero attached hydrogens (tertiary/aromatic N) is 2. The van der Waals surface area contributed by atoms with Crippen molar-refractivity contribution in [2.45, 2.75) is 13.8 Å². The molecule has 0 unspecified atom stereocenters. The van der Waals surface area contributed by atoms with Crippen molar-refractivity contribution in [1.82, 2.24) is 15.3 Å². The standard InChI is InChI=1S/C15H17FN4O/c1-9(2)7-19-15(21)12-8-18-14(20-13(12)17)10-4-3-5-11(16)6-10/h3-6,8-9H,7H2,1-2H3,(H,19,21)(H2,17,18,20). The third kappa shape index (κ3) is 3.75. The van der Waals surface area contributed by atoms with Crippen LogP contribution in [-0.4, -0.2) is 22.4 Å². The molecule has 21 heavy (non-hydrogen) atoms. The largest absolute Gasteiger partial charge is 0.383 e. The van der Waals surface area contributed by atoms with Crippen LogP contribution in [0.4, 0.5) is 10.2 Å². The topological polar surface area (TPSA) is 80.9 Å². The smallest absolute Gasteiger partial charge is 0.256 e. The van der Waals surface area contributed by atoms with Gasteiger partial charge in [0.2, 0.25) is 0 Å². The van der Waals surface area contributed by atoms with Gasteiger partial charge in [-0.3, -0.25) is 4.79 Å². The molecule has 0 radical (unpaired) electrons. The van der Waals surface area contributed by atoms with Crippen LogP contribution in [0, 0.1) is 11.7 Å². The molecule has 5 nitrogen and oxygen atoms in total. The van der Waals surface area contributed by atoms with Crippen LogP contribution in [-0.2, 0) is 0 Å². The minimum absolute atomic E-state index is 0.0746. The number of benzene rings is 1. The van der Waals surface area contributed by atoms with Gasteiger partial charge in [0.05, 0.1) is 5.56 Å². The number of carbonyl (C=O) groups excluding carboxylic acids is 1. The molecule has 0 saturated heterocycles. The second-order valence-corrected chi connectivity index (χ2v) is 5.11. The maximum atomic E-state index is 13.2. The van der Waals surface area contributed by atoms with Crippen molar-refractivity contribution in [3.05, 3.63) is 41.8 Å². The van der Waals surface area contributed by atoms with Crippen molar-refractivity contribution in [3.63, 3.8) is 0 Å². The molecule has 6 heteroatoms. The van der Waals surface area contributed by atoms with Crippen LogP contribution in [0.25, 0.3) is 11.4 Å². The first-order chi connectivity index (χ1) is 9.97. The molecular formula is C15H17FN4O. The average Bonchev–Trinajstić information content (AvgIpc) is 2.44. The molecule has 1 heterocycles. The fourth-order valence-electron chi connectivity index (χ4n) is 1.73. The van der Waals surface area contributed by atoms with Crippen molar-refractivity contribution in [1.29, 1.82) is 0 Å². The maximum Gasteiger partial charge on any atom is 0.256 e. The van der Waals surface area contributed by atoms with Crippen LogP contribution < -0.4 is 11.1 Å². The lowest BCUT2D eigenvalue weighted by atomic mass is 10.2. The van der Waals surface area contributed by atoms with Gasteiger partial charge in [0, 0.05) is 18.3 Å². The molecule has 1 amide bonds. The highest BCUT2D eigenvalue weighted by Gasteiger charge is 2.13. The summed E-state index contributed by atoms with van der Waals surface area (Å²) in [6.07, 6.45) is 1.36. The van der Waals surface area contributed by atoms with Crippen LogP contribution in [0.2, 0.25) is 0 Å². The van der Waals surface area contributed by atoms with Gasteiger partial charge in [0.15, 0.2) is 5.82 Å². The van der Waals surface area contributed by atoms with Crippen LogP contribution >= 0.6 is 0 Å². The van der Waals surface area contributed by atoms with Crippen molar-refractivity contribution >= 4 is 11.7 Å². The SMILES string of the molecule is CC(C)CNC(=O)c1cnc(-c2cccc(F)c2)nc1N. The van der Waals surface area contributed by atoms with Crippen molar-refractivity contribution in [2.24, 2.45) is 5.92 Å². The molecular weight excluding hydrogens is 271 g/mol. The number of nitrogen functional groups attached to an aromatic ring is 1. The van der Waals surface area contributed by atoms with E-state index in [1.54, 1.807) is 12.1 Å². The number of amides is 1. The van der Waals surface area contributed by atoms with Crippen molar-refractivity contribution < 1.29 is 9.18 Å². The van der Waals surface area contributed by atoms with Crippen molar-refractivity contribution in [3.8, 4) is 11.4 Å². The average molecular weight is 288 g/mol. The highest BCUT2D eigenvalue weighted by atomic mass is 19.1. The molecule has 0 saturated carbocycles. The molecule has 110 valence electrons. The molecule has 2 aromatic rings. The van der Waals surface area contributed by atoms with Crippen molar-refractivity contribution in [2.75, 3.05) is 12.3 Å². The number of aromatic nitrogens is 2. The Morgan fingerprint density at radius 1 is 1.43 bits per heavy atom. The summed E-state index contributed by atoms with van der Waals surface area (Å²) in [6.45, 7) is 4.53. The van der Waals surface area contributed by atoms with Gasteiger partial charge >= 0.3 is 0 Å². The predicted molar refractivity (Wildman–Crippen MR) is 79.0 cm³/mol. The summed E-state index contributed by atoms with van der Waals surface area (Å²) >= 11 is 0. The van der Waals surface area contributed by atoms with Gasteiger partial charge in [-0.05, 0) is 18.1 Å². The summed E-state index contributed by atoms with van der Waals surface area (Å²) < 4.78 is 13.2. The van der Waals surface area contributed by atoms with Gasteiger partial charge in [-0.25, -0.2) is 14.4 Å². The van der Waals surface area contributed by atoms with Gasteiger partial charge in [-0.15, -0.1) is 0 Å². The normalized spacial score (nSPS) is 10.7. The van der Waals surface area contributed by atoms with E-state index in [9.17, 15) is 9.18 Å². The molecule has 0 fully saturated rings. The number of hydrogen-bond acceptors (Lipinski definition) is 4. The van der Waals surface area contributed by atoms with Gasteiger partial charge in [-0.2, -0.15) is 0 Å². The summed E-state index contributed by atoms with van der Waals surface area (Å²) in [6, 6.07) is 5.89. The van der Waals surface area contributed by atoms with Gasteiger partial charge in [-0.1, -0.05) is 26.0 Å². The van der Waals surface area contributed by atoms with Crippen LogP contribution in [0.3, 0.4) is 0 Å². The predicted octanol–water partition coefficient (Wildman–Crippen LogP) is 2.25. The van der Waals surface area contributed by atoms with E-state index in [0.717, 1.165) is 0 Å². The lowest BCUT2D eigenvalue weighted by molar-refractivity contribution is 0.0949. The maximum absolute atomic E-state index is 13.2. The lowest BCUT2D eigenvalue weighted by Crippen LogP contribution is -2.28. The Morgan fingerprint density at radius 3 is 2.81 bits per heavy atom. The third-order valence-corrected chi connectivity index (χ3v) is 2.82. The summed E-state index contributed by atoms with van der Waals surface area (Å²) in [5.74, 6) is 0.000929. The van der Waals surface area contributed by atoms with E-state index in [1.165, 1.54) is 18.3 Å². The Balaban J connectivity index is 2.23. The van der Waals surface area contributed by atoms with Crippen LogP contribution in [0.5, 0.6) is 0 Å². The second-order valence-electron chi connectivity index (χ2n) is 5.11. The third-order valence-electron chi connectivity index (χ3n) is 2.82. The lowest BCUT2D eigenvalue weighted by Gasteiger charge is -2.09. The van der Waals surface area contributed by atoms with E-state index in [2.05, 4.69) is 15.3 Å². The molecule has 0 atom stereocenters. The minimum atomic E-state index is -0.381. The number of hydrogen-bond donors (Lipinski definition) is 2. The summed E-state index contributed by atoms with van der Waals surface area (Å²) in [7, 11) is 0. The first-order valence-electron chi connectivity index (χ1n) is 6.64. The van der Waals surface area contributed by atoms with Gasteiger partial charge in [0.1, 0.15) is 11.6 Å². The summed E-state index contributed by atoms with van der Waals surface area (Å²) in [5, 5.41) is 2.75. The first-order valence-corrected chi connectivity index (χ1v) is 6.64. The monoisotopic (exact) mass is 288 g/mol.